The number of hydrogen-bond donors (Lipinski definition) is 1. The first-order chi connectivity index (χ1) is 10.6. The smallest absolute Gasteiger partial charge is 0.308 e. The highest BCUT2D eigenvalue weighted by molar-refractivity contribution is 5.96. The second-order valence-corrected chi connectivity index (χ2v) is 5.38. The maximum Gasteiger partial charge on any atom is 0.308 e. The summed E-state index contributed by atoms with van der Waals surface area (Å²) in [5, 5.41) is 9.02. The molecule has 0 aromatic carbocycles. The highest BCUT2D eigenvalue weighted by Crippen LogP contribution is 2.23. The molecule has 3 heterocycles. The van der Waals surface area contributed by atoms with Crippen LogP contribution in [0, 0.1) is 12.8 Å². The normalized spacial score (nSPS) is 17.7. The summed E-state index contributed by atoms with van der Waals surface area (Å²) in [5.41, 5.74) is 1.78. The van der Waals surface area contributed by atoms with Gasteiger partial charge in [-0.05, 0) is 37.6 Å². The largest absolute Gasteiger partial charge is 0.481 e. The number of likely N-dealkylation sites (tertiary alicyclic amines) is 1. The molecule has 1 fully saturated rings. The minimum Gasteiger partial charge on any atom is -0.481 e. The van der Waals surface area contributed by atoms with E-state index in [9.17, 15) is 9.59 Å². The molecule has 1 saturated heterocycles. The topological polar surface area (TPSA) is 83.6 Å². The van der Waals surface area contributed by atoms with Crippen molar-refractivity contribution < 1.29 is 19.1 Å². The number of carboxylic acid groups (broad SMARTS) is 1. The third-order valence-corrected chi connectivity index (χ3v) is 3.91. The van der Waals surface area contributed by atoms with E-state index in [0.29, 0.717) is 35.7 Å². The van der Waals surface area contributed by atoms with Gasteiger partial charge in [-0.1, -0.05) is 0 Å². The van der Waals surface area contributed by atoms with Crippen LogP contribution in [0.2, 0.25) is 0 Å². The van der Waals surface area contributed by atoms with Crippen LogP contribution < -0.4 is 0 Å². The molecule has 0 bridgehead atoms. The number of aryl methyl sites for hydroxylation is 1. The first-order valence-corrected chi connectivity index (χ1v) is 7.10. The molecule has 0 radical (unpaired) electrons. The summed E-state index contributed by atoms with van der Waals surface area (Å²) in [4.78, 5) is 29.5. The van der Waals surface area contributed by atoms with Gasteiger partial charge in [-0.15, -0.1) is 0 Å². The average molecular weight is 300 g/mol. The van der Waals surface area contributed by atoms with Crippen LogP contribution in [0.15, 0.2) is 34.9 Å². The first kappa shape index (κ1) is 14.3. The Labute approximate surface area is 127 Å². The zero-order valence-corrected chi connectivity index (χ0v) is 12.2. The Morgan fingerprint density at radius 1 is 1.36 bits per heavy atom. The van der Waals surface area contributed by atoms with Crippen molar-refractivity contribution in [3.8, 4) is 11.5 Å². The van der Waals surface area contributed by atoms with Gasteiger partial charge in [0.1, 0.15) is 5.69 Å². The lowest BCUT2D eigenvalue weighted by atomic mass is 10.1. The molecule has 1 atom stereocenters. The summed E-state index contributed by atoms with van der Waals surface area (Å²) in [6, 6.07) is 7.04. The number of pyridine rings is 1. The molecule has 114 valence electrons. The maximum absolute atomic E-state index is 12.5. The molecule has 6 heteroatoms. The lowest BCUT2D eigenvalue weighted by Gasteiger charge is -2.17. The molecule has 0 saturated carbocycles. The van der Waals surface area contributed by atoms with E-state index in [1.807, 2.05) is 0 Å². The van der Waals surface area contributed by atoms with Crippen LogP contribution in [0.25, 0.3) is 11.5 Å². The molecule has 1 amide bonds. The fraction of sp³-hybridized carbons (Fsp3) is 0.312. The molecule has 6 nitrogen and oxygen atoms in total. The fourth-order valence-corrected chi connectivity index (χ4v) is 2.67. The number of nitrogens with zero attached hydrogens (tertiary/aromatic N) is 2. The van der Waals surface area contributed by atoms with E-state index in [1.165, 1.54) is 0 Å². The highest BCUT2D eigenvalue weighted by atomic mass is 16.4. The van der Waals surface area contributed by atoms with Gasteiger partial charge in [0.2, 0.25) is 0 Å². The zero-order chi connectivity index (χ0) is 15.7. The SMILES string of the molecule is Cc1nc(-c2ccco2)ccc1C(=O)N1CCC(C(=O)O)C1. The summed E-state index contributed by atoms with van der Waals surface area (Å²) in [6.07, 6.45) is 2.07. The number of rotatable bonds is 3. The molecule has 3 rings (SSSR count). The van der Waals surface area contributed by atoms with Gasteiger partial charge < -0.3 is 14.4 Å². The number of furan rings is 1. The van der Waals surface area contributed by atoms with E-state index in [-0.39, 0.29) is 12.5 Å². The van der Waals surface area contributed by atoms with Gasteiger partial charge in [0.25, 0.3) is 5.91 Å². The Hall–Kier alpha value is -2.63. The lowest BCUT2D eigenvalue weighted by molar-refractivity contribution is -0.141. The van der Waals surface area contributed by atoms with E-state index < -0.39 is 11.9 Å². The molecule has 0 aliphatic carbocycles. The summed E-state index contributed by atoms with van der Waals surface area (Å²) < 4.78 is 5.29. The Bertz CT molecular complexity index is 709. The molecular weight excluding hydrogens is 284 g/mol. The molecule has 1 N–H and O–H groups in total. The van der Waals surface area contributed by atoms with Crippen LogP contribution in [0.1, 0.15) is 22.5 Å². The van der Waals surface area contributed by atoms with Crippen LogP contribution in [0.4, 0.5) is 0 Å². The minimum absolute atomic E-state index is 0.167. The minimum atomic E-state index is -0.849. The number of amides is 1. The van der Waals surface area contributed by atoms with Gasteiger partial charge in [0.05, 0.1) is 23.4 Å². The monoisotopic (exact) mass is 300 g/mol. The van der Waals surface area contributed by atoms with Crippen molar-refractivity contribution in [1.82, 2.24) is 9.88 Å². The van der Waals surface area contributed by atoms with Crippen LogP contribution in [-0.4, -0.2) is 40.0 Å². The summed E-state index contributed by atoms with van der Waals surface area (Å²) in [6.45, 7) is 2.49. The van der Waals surface area contributed by atoms with Crippen molar-refractivity contribution in [3.63, 3.8) is 0 Å². The van der Waals surface area contributed by atoms with Crippen molar-refractivity contribution in [2.24, 2.45) is 5.92 Å². The average Bonchev–Trinajstić information content (AvgIpc) is 3.18. The molecule has 1 unspecified atom stereocenters. The second-order valence-electron chi connectivity index (χ2n) is 5.38. The van der Waals surface area contributed by atoms with E-state index >= 15 is 0 Å². The molecular formula is C16H16N2O4. The quantitative estimate of drug-likeness (QED) is 0.939. The molecule has 1 aliphatic rings. The van der Waals surface area contributed by atoms with Crippen molar-refractivity contribution in [1.29, 1.82) is 0 Å². The van der Waals surface area contributed by atoms with E-state index in [1.54, 1.807) is 42.4 Å². The van der Waals surface area contributed by atoms with Crippen molar-refractivity contribution in [2.45, 2.75) is 13.3 Å². The van der Waals surface area contributed by atoms with Crippen molar-refractivity contribution in [3.05, 3.63) is 41.8 Å². The number of aliphatic carboxylic acids is 1. The number of carbonyl (C=O) groups excluding carboxylic acids is 1. The standard InChI is InChI=1S/C16H16N2O4/c1-10-12(4-5-13(17-10)14-3-2-8-22-14)15(19)18-7-6-11(9-18)16(20)21/h2-5,8,11H,6-7,9H2,1H3,(H,20,21). The van der Waals surface area contributed by atoms with E-state index in [0.717, 1.165) is 0 Å². The van der Waals surface area contributed by atoms with Gasteiger partial charge in [0, 0.05) is 13.1 Å². The third-order valence-electron chi connectivity index (χ3n) is 3.91. The van der Waals surface area contributed by atoms with E-state index in [4.69, 9.17) is 9.52 Å². The van der Waals surface area contributed by atoms with Crippen LogP contribution in [0.5, 0.6) is 0 Å². The fourth-order valence-electron chi connectivity index (χ4n) is 2.67. The highest BCUT2D eigenvalue weighted by Gasteiger charge is 2.31. The maximum atomic E-state index is 12.5. The summed E-state index contributed by atoms with van der Waals surface area (Å²) in [5.74, 6) is -0.841. The van der Waals surface area contributed by atoms with Gasteiger partial charge in [0.15, 0.2) is 5.76 Å². The predicted octanol–water partition coefficient (Wildman–Crippen LogP) is 2.20. The molecule has 2 aromatic heterocycles. The number of carboxylic acids is 1. The van der Waals surface area contributed by atoms with Crippen LogP contribution in [0.3, 0.4) is 0 Å². The van der Waals surface area contributed by atoms with Gasteiger partial charge >= 0.3 is 5.97 Å². The third kappa shape index (κ3) is 2.59. The van der Waals surface area contributed by atoms with Crippen molar-refractivity contribution in [2.75, 3.05) is 13.1 Å². The van der Waals surface area contributed by atoms with Crippen molar-refractivity contribution >= 4 is 11.9 Å². The molecule has 1 aliphatic heterocycles. The molecule has 0 spiro atoms. The Morgan fingerprint density at radius 2 is 2.18 bits per heavy atom. The van der Waals surface area contributed by atoms with E-state index in [2.05, 4.69) is 4.98 Å². The molecule has 22 heavy (non-hydrogen) atoms. The van der Waals surface area contributed by atoms with Gasteiger partial charge in [-0.3, -0.25) is 9.59 Å². The lowest BCUT2D eigenvalue weighted by Crippen LogP contribution is -2.30. The van der Waals surface area contributed by atoms with Crippen LogP contribution in [-0.2, 0) is 4.79 Å². The van der Waals surface area contributed by atoms with Crippen LogP contribution >= 0.6 is 0 Å². The Morgan fingerprint density at radius 3 is 2.77 bits per heavy atom. The number of aromatic nitrogens is 1. The Balaban J connectivity index is 1.80. The Kier molecular flexibility index (Phi) is 3.66. The number of carbonyl (C=O) groups is 2. The summed E-state index contributed by atoms with van der Waals surface area (Å²) in [7, 11) is 0. The zero-order valence-electron chi connectivity index (χ0n) is 12.2. The number of hydrogen-bond acceptors (Lipinski definition) is 4. The van der Waals surface area contributed by atoms with Gasteiger partial charge in [-0.25, -0.2) is 4.98 Å². The predicted molar refractivity (Wildman–Crippen MR) is 78.3 cm³/mol. The summed E-state index contributed by atoms with van der Waals surface area (Å²) >= 11 is 0. The van der Waals surface area contributed by atoms with Gasteiger partial charge in [-0.2, -0.15) is 0 Å². The first-order valence-electron chi connectivity index (χ1n) is 7.10. The molecule has 2 aromatic rings. The second kappa shape index (κ2) is 5.63.